The average Bonchev–Trinajstić information content (AvgIpc) is 3.09. The molecule has 0 bridgehead atoms. The predicted octanol–water partition coefficient (Wildman–Crippen LogP) is 4.21. The highest BCUT2D eigenvalue weighted by atomic mass is 16.3. The number of hydrogen-bond acceptors (Lipinski definition) is 6. The first-order valence-electron chi connectivity index (χ1n) is 10.3. The van der Waals surface area contributed by atoms with Crippen molar-refractivity contribution in [3.63, 3.8) is 0 Å². The molecule has 0 aliphatic carbocycles. The molecule has 2 aromatic heterocycles. The largest absolute Gasteiger partial charge is 0.391 e. The van der Waals surface area contributed by atoms with E-state index in [2.05, 4.69) is 66.5 Å². The molecule has 29 heavy (non-hydrogen) atoms. The summed E-state index contributed by atoms with van der Waals surface area (Å²) in [6.07, 6.45) is 2.08. The number of aliphatic hydroxyl groups excluding tert-OH is 1. The summed E-state index contributed by atoms with van der Waals surface area (Å²) in [7, 11) is 0. The van der Waals surface area contributed by atoms with Gasteiger partial charge in [-0.15, -0.1) is 0 Å². The van der Waals surface area contributed by atoms with Gasteiger partial charge in [-0.3, -0.25) is 0 Å². The van der Waals surface area contributed by atoms with Crippen molar-refractivity contribution in [1.82, 2.24) is 19.5 Å². The van der Waals surface area contributed by atoms with Gasteiger partial charge in [-0.2, -0.15) is 9.97 Å². The first-order chi connectivity index (χ1) is 13.8. The Morgan fingerprint density at radius 1 is 1.14 bits per heavy atom. The lowest BCUT2D eigenvalue weighted by atomic mass is 10.1. The Bertz CT molecular complexity index is 979. The quantitative estimate of drug-likeness (QED) is 0.529. The van der Waals surface area contributed by atoms with E-state index in [1.165, 1.54) is 16.7 Å². The van der Waals surface area contributed by atoms with Crippen molar-refractivity contribution in [3.05, 3.63) is 41.2 Å². The summed E-state index contributed by atoms with van der Waals surface area (Å²) in [4.78, 5) is 13.9. The summed E-state index contributed by atoms with van der Waals surface area (Å²) in [5.41, 5.74) is 5.24. The van der Waals surface area contributed by atoms with Gasteiger partial charge >= 0.3 is 0 Å². The third-order valence-electron chi connectivity index (χ3n) is 5.26. The molecule has 7 heteroatoms. The van der Waals surface area contributed by atoms with Crippen LogP contribution < -0.4 is 10.6 Å². The van der Waals surface area contributed by atoms with Gasteiger partial charge in [-0.1, -0.05) is 30.7 Å². The minimum absolute atomic E-state index is 0.116. The fourth-order valence-electron chi connectivity index (χ4n) is 3.43. The SMILES string of the molecule is CC[C@H](Nc1nc(NCc2ccc(C)cc2C)c2ncn(C(C)C)c2n1)[C@@H](C)O. The summed E-state index contributed by atoms with van der Waals surface area (Å²) >= 11 is 0. The normalized spacial score (nSPS) is 13.7. The van der Waals surface area contributed by atoms with Gasteiger partial charge in [-0.25, -0.2) is 4.98 Å². The van der Waals surface area contributed by atoms with Gasteiger partial charge in [0.05, 0.1) is 18.5 Å². The number of aromatic nitrogens is 4. The van der Waals surface area contributed by atoms with Gasteiger partial charge < -0.3 is 20.3 Å². The molecular weight excluding hydrogens is 364 g/mol. The van der Waals surface area contributed by atoms with Gasteiger partial charge in [0, 0.05) is 12.6 Å². The van der Waals surface area contributed by atoms with Crippen LogP contribution in [0.4, 0.5) is 11.8 Å². The van der Waals surface area contributed by atoms with Crippen molar-refractivity contribution in [2.45, 2.75) is 72.7 Å². The minimum Gasteiger partial charge on any atom is -0.391 e. The van der Waals surface area contributed by atoms with Crippen molar-refractivity contribution in [2.24, 2.45) is 0 Å². The number of rotatable bonds is 8. The summed E-state index contributed by atoms with van der Waals surface area (Å²) in [6, 6.07) is 6.56. The monoisotopic (exact) mass is 396 g/mol. The molecule has 1 aromatic carbocycles. The van der Waals surface area contributed by atoms with Crippen LogP contribution in [0.25, 0.3) is 11.2 Å². The van der Waals surface area contributed by atoms with Crippen molar-refractivity contribution in [2.75, 3.05) is 10.6 Å². The standard InChI is InChI=1S/C22H32N6O/c1-7-18(16(6)29)25-22-26-20(19-21(27-22)28(12-24-19)13(2)3)23-11-17-9-8-14(4)10-15(17)5/h8-10,12-13,16,18,29H,7,11H2,1-6H3,(H2,23,25,26,27)/t16-,18+/m1/s1. The molecule has 2 atom stereocenters. The van der Waals surface area contributed by atoms with Crippen LogP contribution in [0.3, 0.4) is 0 Å². The Morgan fingerprint density at radius 3 is 2.52 bits per heavy atom. The molecule has 0 unspecified atom stereocenters. The third kappa shape index (κ3) is 4.67. The minimum atomic E-state index is -0.499. The Balaban J connectivity index is 1.97. The molecule has 0 saturated carbocycles. The maximum absolute atomic E-state index is 10.0. The number of hydrogen-bond donors (Lipinski definition) is 3. The van der Waals surface area contributed by atoms with Gasteiger partial charge in [-0.05, 0) is 52.2 Å². The summed E-state index contributed by atoms with van der Waals surface area (Å²) < 4.78 is 2.04. The fraction of sp³-hybridized carbons (Fsp3) is 0.500. The zero-order valence-corrected chi connectivity index (χ0v) is 18.2. The van der Waals surface area contributed by atoms with Crippen LogP contribution >= 0.6 is 0 Å². The Labute approximate surface area is 172 Å². The zero-order valence-electron chi connectivity index (χ0n) is 18.2. The van der Waals surface area contributed by atoms with Gasteiger partial charge in [0.15, 0.2) is 17.0 Å². The van der Waals surface area contributed by atoms with Crippen LogP contribution in [-0.2, 0) is 6.54 Å². The number of nitrogens with zero attached hydrogens (tertiary/aromatic N) is 4. The highest BCUT2D eigenvalue weighted by Gasteiger charge is 2.18. The second kappa shape index (κ2) is 8.78. The molecule has 7 nitrogen and oxygen atoms in total. The predicted molar refractivity (Wildman–Crippen MR) is 118 cm³/mol. The third-order valence-corrected chi connectivity index (χ3v) is 5.26. The maximum atomic E-state index is 10.0. The number of anilines is 2. The average molecular weight is 397 g/mol. The lowest BCUT2D eigenvalue weighted by Crippen LogP contribution is -2.31. The van der Waals surface area contributed by atoms with Crippen molar-refractivity contribution in [3.8, 4) is 0 Å². The lowest BCUT2D eigenvalue weighted by molar-refractivity contribution is 0.169. The van der Waals surface area contributed by atoms with Crippen LogP contribution in [0.1, 0.15) is 56.8 Å². The van der Waals surface area contributed by atoms with Crippen LogP contribution in [-0.4, -0.2) is 36.8 Å². The molecule has 0 spiro atoms. The summed E-state index contributed by atoms with van der Waals surface area (Å²) in [5, 5.41) is 16.7. The lowest BCUT2D eigenvalue weighted by Gasteiger charge is -2.20. The number of aryl methyl sites for hydroxylation is 2. The van der Waals surface area contributed by atoms with Crippen molar-refractivity contribution in [1.29, 1.82) is 0 Å². The number of benzene rings is 1. The van der Waals surface area contributed by atoms with Gasteiger partial charge in [0.25, 0.3) is 0 Å². The van der Waals surface area contributed by atoms with Crippen molar-refractivity contribution < 1.29 is 5.11 Å². The Hall–Kier alpha value is -2.67. The highest BCUT2D eigenvalue weighted by molar-refractivity contribution is 5.84. The molecule has 0 radical (unpaired) electrons. The van der Waals surface area contributed by atoms with E-state index in [1.54, 1.807) is 6.92 Å². The van der Waals surface area contributed by atoms with Crippen molar-refractivity contribution >= 4 is 22.9 Å². The fourth-order valence-corrected chi connectivity index (χ4v) is 3.43. The number of aliphatic hydroxyl groups is 1. The first kappa shape index (κ1) is 21.0. The highest BCUT2D eigenvalue weighted by Crippen LogP contribution is 2.25. The summed E-state index contributed by atoms with van der Waals surface area (Å²) in [5.74, 6) is 1.19. The molecule has 2 heterocycles. The second-order valence-corrected chi connectivity index (χ2v) is 8.00. The van der Waals surface area contributed by atoms with Crippen LogP contribution in [0.5, 0.6) is 0 Å². The van der Waals surface area contributed by atoms with Gasteiger partial charge in [0.2, 0.25) is 5.95 Å². The first-order valence-corrected chi connectivity index (χ1v) is 10.3. The van der Waals surface area contributed by atoms with Crippen LogP contribution in [0, 0.1) is 13.8 Å². The molecule has 0 aliphatic rings. The van der Waals surface area contributed by atoms with E-state index in [9.17, 15) is 5.11 Å². The smallest absolute Gasteiger partial charge is 0.227 e. The second-order valence-electron chi connectivity index (χ2n) is 8.00. The molecule has 156 valence electrons. The zero-order chi connectivity index (χ0) is 21.1. The Morgan fingerprint density at radius 2 is 1.90 bits per heavy atom. The molecule has 3 rings (SSSR count). The Kier molecular flexibility index (Phi) is 6.37. The van der Waals surface area contributed by atoms with E-state index < -0.39 is 6.10 Å². The van der Waals surface area contributed by atoms with E-state index in [0.717, 1.165) is 17.6 Å². The topological polar surface area (TPSA) is 87.9 Å². The molecule has 0 amide bonds. The molecule has 3 aromatic rings. The summed E-state index contributed by atoms with van der Waals surface area (Å²) in [6.45, 7) is 12.9. The van der Waals surface area contributed by atoms with E-state index in [0.29, 0.717) is 18.3 Å². The van der Waals surface area contributed by atoms with E-state index in [-0.39, 0.29) is 12.1 Å². The maximum Gasteiger partial charge on any atom is 0.227 e. The molecule has 0 aliphatic heterocycles. The molecule has 3 N–H and O–H groups in total. The number of imidazole rings is 1. The van der Waals surface area contributed by atoms with E-state index in [1.807, 2.05) is 17.8 Å². The number of nitrogens with one attached hydrogen (secondary N) is 2. The molecular formula is C22H32N6O. The number of fused-ring (bicyclic) bond motifs is 1. The van der Waals surface area contributed by atoms with E-state index in [4.69, 9.17) is 4.98 Å². The molecule has 0 saturated heterocycles. The van der Waals surface area contributed by atoms with Gasteiger partial charge in [0.1, 0.15) is 0 Å². The van der Waals surface area contributed by atoms with E-state index >= 15 is 0 Å². The van der Waals surface area contributed by atoms with Crippen LogP contribution in [0.15, 0.2) is 24.5 Å². The molecule has 0 fully saturated rings. The van der Waals surface area contributed by atoms with Crippen LogP contribution in [0.2, 0.25) is 0 Å².